The van der Waals surface area contributed by atoms with E-state index in [-0.39, 0.29) is 0 Å². The summed E-state index contributed by atoms with van der Waals surface area (Å²) in [4.78, 5) is 4.52. The van der Waals surface area contributed by atoms with Crippen molar-refractivity contribution in [2.24, 2.45) is 5.73 Å². The van der Waals surface area contributed by atoms with Crippen molar-refractivity contribution < 1.29 is 0 Å². The Balaban J connectivity index is 2.72. The fraction of sp³-hybridized carbons (Fsp3) is 0.364. The summed E-state index contributed by atoms with van der Waals surface area (Å²) < 4.78 is 2.13. The number of aromatic nitrogens is 2. The van der Waals surface area contributed by atoms with Crippen LogP contribution < -0.4 is 5.73 Å². The first-order valence-electron chi connectivity index (χ1n) is 4.87. The number of aryl methyl sites for hydroxylation is 2. The Bertz CT molecular complexity index is 457. The summed E-state index contributed by atoms with van der Waals surface area (Å²) in [7, 11) is 0. The van der Waals surface area contributed by atoms with Crippen molar-refractivity contribution in [3.63, 3.8) is 0 Å². The quantitative estimate of drug-likeness (QED) is 0.777. The standard InChI is InChI=1S/C11H15N3/c1-8-4-3-7-14-9(2)13-10(5-6-12)11(8)14/h3-4,7H,5-6,12H2,1-2H3. The van der Waals surface area contributed by atoms with Gasteiger partial charge in [0.2, 0.25) is 0 Å². The monoisotopic (exact) mass is 189 g/mol. The van der Waals surface area contributed by atoms with Crippen molar-refractivity contribution in [3.05, 3.63) is 35.4 Å². The second kappa shape index (κ2) is 3.42. The minimum Gasteiger partial charge on any atom is -0.330 e. The first kappa shape index (κ1) is 9.21. The molecule has 0 saturated heterocycles. The van der Waals surface area contributed by atoms with E-state index in [1.807, 2.05) is 19.2 Å². The molecule has 0 radical (unpaired) electrons. The lowest BCUT2D eigenvalue weighted by atomic mass is 10.2. The molecule has 0 atom stereocenters. The Labute approximate surface area is 83.6 Å². The molecule has 2 aromatic heterocycles. The molecule has 3 heteroatoms. The topological polar surface area (TPSA) is 43.3 Å². The molecule has 0 fully saturated rings. The fourth-order valence-corrected chi connectivity index (χ4v) is 1.87. The number of hydrogen-bond acceptors (Lipinski definition) is 2. The lowest BCUT2D eigenvalue weighted by Gasteiger charge is -2.00. The largest absolute Gasteiger partial charge is 0.330 e. The van der Waals surface area contributed by atoms with Crippen LogP contribution in [-0.4, -0.2) is 15.9 Å². The first-order valence-corrected chi connectivity index (χ1v) is 4.87. The maximum atomic E-state index is 5.56. The van der Waals surface area contributed by atoms with E-state index in [0.29, 0.717) is 6.54 Å². The highest BCUT2D eigenvalue weighted by atomic mass is 15.0. The predicted octanol–water partition coefficient (Wildman–Crippen LogP) is 1.45. The van der Waals surface area contributed by atoms with Crippen LogP contribution in [0.2, 0.25) is 0 Å². The summed E-state index contributed by atoms with van der Waals surface area (Å²) in [6.07, 6.45) is 2.90. The van der Waals surface area contributed by atoms with Gasteiger partial charge in [0.25, 0.3) is 0 Å². The normalized spacial score (nSPS) is 11.1. The number of pyridine rings is 1. The zero-order valence-electron chi connectivity index (χ0n) is 8.62. The van der Waals surface area contributed by atoms with Gasteiger partial charge >= 0.3 is 0 Å². The second-order valence-electron chi connectivity index (χ2n) is 3.55. The van der Waals surface area contributed by atoms with Gasteiger partial charge in [-0.2, -0.15) is 0 Å². The molecule has 0 amide bonds. The average Bonchev–Trinajstić information content (AvgIpc) is 2.46. The number of rotatable bonds is 2. The second-order valence-corrected chi connectivity index (χ2v) is 3.55. The van der Waals surface area contributed by atoms with E-state index in [1.54, 1.807) is 0 Å². The SMILES string of the molecule is Cc1cccn2c(C)nc(CCN)c12. The van der Waals surface area contributed by atoms with Crippen LogP contribution in [0.1, 0.15) is 17.1 Å². The molecule has 0 spiro atoms. The van der Waals surface area contributed by atoms with E-state index in [4.69, 9.17) is 5.73 Å². The van der Waals surface area contributed by atoms with Gasteiger partial charge in [-0.3, -0.25) is 0 Å². The summed E-state index contributed by atoms with van der Waals surface area (Å²) in [6.45, 7) is 4.78. The zero-order chi connectivity index (χ0) is 10.1. The van der Waals surface area contributed by atoms with Gasteiger partial charge in [-0.05, 0) is 32.0 Å². The highest BCUT2D eigenvalue weighted by molar-refractivity contribution is 5.59. The van der Waals surface area contributed by atoms with Gasteiger partial charge in [0, 0.05) is 12.6 Å². The van der Waals surface area contributed by atoms with E-state index in [1.165, 1.54) is 11.1 Å². The molecular formula is C11H15N3. The Morgan fingerprint density at radius 2 is 2.21 bits per heavy atom. The minimum atomic E-state index is 0.653. The smallest absolute Gasteiger partial charge is 0.110 e. The molecule has 0 aliphatic carbocycles. The molecule has 2 rings (SSSR count). The molecular weight excluding hydrogens is 174 g/mol. The summed E-state index contributed by atoms with van der Waals surface area (Å²) in [5.41, 5.74) is 9.15. The third-order valence-corrected chi connectivity index (χ3v) is 2.50. The van der Waals surface area contributed by atoms with E-state index in [0.717, 1.165) is 17.9 Å². The van der Waals surface area contributed by atoms with Crippen LogP contribution >= 0.6 is 0 Å². The van der Waals surface area contributed by atoms with Gasteiger partial charge < -0.3 is 10.1 Å². The van der Waals surface area contributed by atoms with E-state index in [2.05, 4.69) is 22.4 Å². The molecule has 0 unspecified atom stereocenters. The number of imidazole rings is 1. The van der Waals surface area contributed by atoms with Crippen LogP contribution in [0.15, 0.2) is 18.3 Å². The molecule has 0 aliphatic rings. The molecule has 0 bridgehead atoms. The van der Waals surface area contributed by atoms with Gasteiger partial charge in [-0.1, -0.05) is 6.07 Å². The lowest BCUT2D eigenvalue weighted by Crippen LogP contribution is -2.03. The highest BCUT2D eigenvalue weighted by Gasteiger charge is 2.08. The van der Waals surface area contributed by atoms with Crippen LogP contribution in [0.3, 0.4) is 0 Å². The molecule has 0 aliphatic heterocycles. The summed E-state index contributed by atoms with van der Waals surface area (Å²) in [6, 6.07) is 4.15. The van der Waals surface area contributed by atoms with Crippen LogP contribution in [0.4, 0.5) is 0 Å². The minimum absolute atomic E-state index is 0.653. The Morgan fingerprint density at radius 1 is 1.43 bits per heavy atom. The van der Waals surface area contributed by atoms with E-state index in [9.17, 15) is 0 Å². The maximum Gasteiger partial charge on any atom is 0.110 e. The number of nitrogens with two attached hydrogens (primary N) is 1. The molecule has 2 N–H and O–H groups in total. The number of fused-ring (bicyclic) bond motifs is 1. The first-order chi connectivity index (χ1) is 6.74. The van der Waals surface area contributed by atoms with Gasteiger partial charge in [-0.25, -0.2) is 4.98 Å². The Morgan fingerprint density at radius 3 is 2.93 bits per heavy atom. The van der Waals surface area contributed by atoms with Crippen molar-refractivity contribution in [1.82, 2.24) is 9.38 Å². The van der Waals surface area contributed by atoms with Gasteiger partial charge in [0.05, 0.1) is 11.2 Å². The number of nitrogens with zero attached hydrogens (tertiary/aromatic N) is 2. The van der Waals surface area contributed by atoms with Crippen LogP contribution in [0.5, 0.6) is 0 Å². The predicted molar refractivity (Wildman–Crippen MR) is 57.4 cm³/mol. The summed E-state index contributed by atoms with van der Waals surface area (Å²) >= 11 is 0. The maximum absolute atomic E-state index is 5.56. The van der Waals surface area contributed by atoms with Crippen LogP contribution in [0.25, 0.3) is 5.52 Å². The average molecular weight is 189 g/mol. The number of hydrogen-bond donors (Lipinski definition) is 1. The van der Waals surface area contributed by atoms with Crippen molar-refractivity contribution in [3.8, 4) is 0 Å². The summed E-state index contributed by atoms with van der Waals surface area (Å²) in [5.74, 6) is 1.03. The molecule has 2 aromatic rings. The van der Waals surface area contributed by atoms with E-state index < -0.39 is 0 Å². The highest BCUT2D eigenvalue weighted by Crippen LogP contribution is 2.17. The molecule has 0 saturated carbocycles. The molecule has 0 aromatic carbocycles. The fourth-order valence-electron chi connectivity index (χ4n) is 1.87. The third kappa shape index (κ3) is 1.30. The van der Waals surface area contributed by atoms with Crippen molar-refractivity contribution in [1.29, 1.82) is 0 Å². The molecule has 74 valence electrons. The van der Waals surface area contributed by atoms with Gasteiger partial charge in [0.15, 0.2) is 0 Å². The Kier molecular flexibility index (Phi) is 2.25. The van der Waals surface area contributed by atoms with Crippen LogP contribution in [-0.2, 0) is 6.42 Å². The molecule has 3 nitrogen and oxygen atoms in total. The molecule has 14 heavy (non-hydrogen) atoms. The van der Waals surface area contributed by atoms with Crippen molar-refractivity contribution in [2.75, 3.05) is 6.54 Å². The van der Waals surface area contributed by atoms with Gasteiger partial charge in [-0.15, -0.1) is 0 Å². The van der Waals surface area contributed by atoms with Crippen molar-refractivity contribution in [2.45, 2.75) is 20.3 Å². The lowest BCUT2D eigenvalue weighted by molar-refractivity contribution is 0.933. The van der Waals surface area contributed by atoms with E-state index >= 15 is 0 Å². The zero-order valence-corrected chi connectivity index (χ0v) is 8.62. The molecule has 2 heterocycles. The summed E-state index contributed by atoms with van der Waals surface area (Å²) in [5, 5.41) is 0. The third-order valence-electron chi connectivity index (χ3n) is 2.50. The Hall–Kier alpha value is -1.35. The van der Waals surface area contributed by atoms with Crippen LogP contribution in [0, 0.1) is 13.8 Å². The van der Waals surface area contributed by atoms with Gasteiger partial charge in [0.1, 0.15) is 5.82 Å². The van der Waals surface area contributed by atoms with Crippen molar-refractivity contribution >= 4 is 5.52 Å².